The number of aryl methyl sites for hydroxylation is 1. The maximum absolute atomic E-state index is 13.8. The summed E-state index contributed by atoms with van der Waals surface area (Å²) in [6.07, 6.45) is -0.318. The molecule has 0 radical (unpaired) electrons. The van der Waals surface area contributed by atoms with Crippen LogP contribution in [-0.4, -0.2) is 39.4 Å². The van der Waals surface area contributed by atoms with Crippen LogP contribution in [0.5, 0.6) is 11.5 Å². The van der Waals surface area contributed by atoms with Crippen molar-refractivity contribution in [3.63, 3.8) is 0 Å². The SMILES string of the molecule is Cc1cc2c(cc1Cc1nc3c(N)nc(F)nc3n1CCNCC(C)C)OCO2. The first-order valence-electron chi connectivity index (χ1n) is 9.70. The molecule has 154 valence electrons. The van der Waals surface area contributed by atoms with Crippen molar-refractivity contribution in [1.82, 2.24) is 24.8 Å². The number of ether oxygens (including phenoxy) is 2. The number of fused-ring (bicyclic) bond motifs is 2. The van der Waals surface area contributed by atoms with E-state index >= 15 is 0 Å². The number of rotatable bonds is 7. The maximum atomic E-state index is 13.8. The van der Waals surface area contributed by atoms with Gasteiger partial charge in [0, 0.05) is 19.5 Å². The summed E-state index contributed by atoms with van der Waals surface area (Å²) in [4.78, 5) is 12.2. The van der Waals surface area contributed by atoms with Crippen LogP contribution in [0.1, 0.15) is 30.8 Å². The van der Waals surface area contributed by atoms with Crippen LogP contribution in [0.2, 0.25) is 0 Å². The molecule has 0 atom stereocenters. The standard InChI is InChI=1S/C20H25FN6O2/c1-11(2)9-23-4-5-27-16(24-17-18(22)25-20(21)26-19(17)27)8-13-7-15-14(6-12(13)3)28-10-29-15/h6-7,11,23H,4-5,8-10H2,1-3H3,(H2,22,25,26). The van der Waals surface area contributed by atoms with E-state index in [1.54, 1.807) is 0 Å². The Balaban J connectivity index is 1.69. The van der Waals surface area contributed by atoms with Gasteiger partial charge in [0.1, 0.15) is 5.82 Å². The van der Waals surface area contributed by atoms with Crippen LogP contribution in [0.25, 0.3) is 11.2 Å². The molecule has 29 heavy (non-hydrogen) atoms. The van der Waals surface area contributed by atoms with Gasteiger partial charge in [-0.15, -0.1) is 0 Å². The van der Waals surface area contributed by atoms with Crippen molar-refractivity contribution in [1.29, 1.82) is 0 Å². The molecule has 1 aliphatic rings. The van der Waals surface area contributed by atoms with Crippen LogP contribution in [0.3, 0.4) is 0 Å². The number of aromatic nitrogens is 4. The monoisotopic (exact) mass is 400 g/mol. The molecule has 9 heteroatoms. The Hall–Kier alpha value is -2.94. The van der Waals surface area contributed by atoms with Gasteiger partial charge in [0.05, 0.1) is 0 Å². The second kappa shape index (κ2) is 7.82. The van der Waals surface area contributed by atoms with Gasteiger partial charge in [-0.2, -0.15) is 14.4 Å². The Labute approximate surface area is 168 Å². The first kappa shape index (κ1) is 19.4. The summed E-state index contributed by atoms with van der Waals surface area (Å²) in [6.45, 7) is 8.74. The topological polar surface area (TPSA) is 100 Å². The van der Waals surface area contributed by atoms with Gasteiger partial charge >= 0.3 is 6.08 Å². The number of nitrogens with zero attached hydrogens (tertiary/aromatic N) is 4. The summed E-state index contributed by atoms with van der Waals surface area (Å²) in [5, 5.41) is 3.40. The number of nitrogens with two attached hydrogens (primary N) is 1. The predicted octanol–water partition coefficient (Wildman–Crippen LogP) is 2.42. The lowest BCUT2D eigenvalue weighted by molar-refractivity contribution is 0.174. The zero-order chi connectivity index (χ0) is 20.5. The number of halogens is 1. The second-order valence-corrected chi connectivity index (χ2v) is 7.64. The predicted molar refractivity (Wildman–Crippen MR) is 108 cm³/mol. The molecule has 0 bridgehead atoms. The van der Waals surface area contributed by atoms with E-state index in [2.05, 4.69) is 34.1 Å². The molecule has 3 aromatic rings. The molecule has 0 aliphatic carbocycles. The van der Waals surface area contributed by atoms with Crippen LogP contribution in [-0.2, 0) is 13.0 Å². The zero-order valence-electron chi connectivity index (χ0n) is 16.8. The first-order chi connectivity index (χ1) is 13.9. The van der Waals surface area contributed by atoms with E-state index in [0.29, 0.717) is 36.6 Å². The number of anilines is 1. The third-order valence-electron chi connectivity index (χ3n) is 4.92. The van der Waals surface area contributed by atoms with Gasteiger partial charge in [0.15, 0.2) is 28.5 Å². The minimum Gasteiger partial charge on any atom is -0.454 e. The lowest BCUT2D eigenvalue weighted by atomic mass is 10.0. The van der Waals surface area contributed by atoms with Crippen LogP contribution in [0, 0.1) is 18.9 Å². The smallest absolute Gasteiger partial charge is 0.312 e. The Kier molecular flexibility index (Phi) is 5.23. The van der Waals surface area contributed by atoms with Crippen molar-refractivity contribution in [2.24, 2.45) is 5.92 Å². The summed E-state index contributed by atoms with van der Waals surface area (Å²) < 4.78 is 26.7. The Morgan fingerprint density at radius 3 is 2.72 bits per heavy atom. The van der Waals surface area contributed by atoms with E-state index in [0.717, 1.165) is 35.0 Å². The van der Waals surface area contributed by atoms with Gasteiger partial charge in [0.25, 0.3) is 0 Å². The summed E-state index contributed by atoms with van der Waals surface area (Å²) >= 11 is 0. The van der Waals surface area contributed by atoms with E-state index in [4.69, 9.17) is 15.2 Å². The van der Waals surface area contributed by atoms with Gasteiger partial charge in [0.2, 0.25) is 6.79 Å². The minimum absolute atomic E-state index is 0.0463. The summed E-state index contributed by atoms with van der Waals surface area (Å²) in [7, 11) is 0. The largest absolute Gasteiger partial charge is 0.454 e. The van der Waals surface area contributed by atoms with Gasteiger partial charge in [-0.25, -0.2) is 4.98 Å². The molecule has 0 saturated heterocycles. The lowest BCUT2D eigenvalue weighted by Gasteiger charge is -2.12. The Bertz CT molecular complexity index is 1050. The highest BCUT2D eigenvalue weighted by Gasteiger charge is 2.20. The molecule has 4 rings (SSSR count). The molecular formula is C20H25FN6O2. The number of hydrogen-bond donors (Lipinski definition) is 2. The van der Waals surface area contributed by atoms with Crippen LogP contribution < -0.4 is 20.5 Å². The van der Waals surface area contributed by atoms with Crippen molar-refractivity contribution >= 4 is 17.0 Å². The third-order valence-corrected chi connectivity index (χ3v) is 4.92. The van der Waals surface area contributed by atoms with Crippen molar-refractivity contribution in [3.05, 3.63) is 35.2 Å². The van der Waals surface area contributed by atoms with E-state index in [-0.39, 0.29) is 12.6 Å². The number of benzene rings is 1. The molecule has 1 aliphatic heterocycles. The average Bonchev–Trinajstić information content (AvgIpc) is 3.23. The molecular weight excluding hydrogens is 375 g/mol. The fraction of sp³-hybridized carbons (Fsp3) is 0.450. The third kappa shape index (κ3) is 3.95. The van der Waals surface area contributed by atoms with Crippen LogP contribution >= 0.6 is 0 Å². The fourth-order valence-corrected chi connectivity index (χ4v) is 3.44. The Morgan fingerprint density at radius 2 is 1.97 bits per heavy atom. The summed E-state index contributed by atoms with van der Waals surface area (Å²) in [5.41, 5.74) is 8.86. The van der Waals surface area contributed by atoms with E-state index in [1.165, 1.54) is 0 Å². The molecule has 3 heterocycles. The number of imidazole rings is 1. The summed E-state index contributed by atoms with van der Waals surface area (Å²) in [6, 6.07) is 3.93. The molecule has 0 saturated carbocycles. The van der Waals surface area contributed by atoms with Gasteiger partial charge in [-0.1, -0.05) is 13.8 Å². The fourth-order valence-electron chi connectivity index (χ4n) is 3.44. The normalized spacial score (nSPS) is 13.0. The molecule has 8 nitrogen and oxygen atoms in total. The molecule has 0 fully saturated rings. The van der Waals surface area contributed by atoms with Crippen molar-refractivity contribution in [3.8, 4) is 11.5 Å². The number of hydrogen-bond acceptors (Lipinski definition) is 7. The van der Waals surface area contributed by atoms with E-state index < -0.39 is 6.08 Å². The highest BCUT2D eigenvalue weighted by Crippen LogP contribution is 2.35. The molecule has 2 aromatic heterocycles. The highest BCUT2D eigenvalue weighted by molar-refractivity contribution is 5.82. The second-order valence-electron chi connectivity index (χ2n) is 7.64. The molecule has 3 N–H and O–H groups in total. The quantitative estimate of drug-likeness (QED) is 0.464. The highest BCUT2D eigenvalue weighted by atomic mass is 19.1. The average molecular weight is 400 g/mol. The number of nitrogens with one attached hydrogen (secondary N) is 1. The molecule has 0 spiro atoms. The Morgan fingerprint density at radius 1 is 1.21 bits per heavy atom. The lowest BCUT2D eigenvalue weighted by Crippen LogP contribution is -2.25. The molecule has 0 amide bonds. The van der Waals surface area contributed by atoms with Crippen molar-refractivity contribution < 1.29 is 13.9 Å². The number of nitrogen functional groups attached to an aromatic ring is 1. The van der Waals surface area contributed by atoms with Crippen molar-refractivity contribution in [2.75, 3.05) is 25.6 Å². The first-order valence-corrected chi connectivity index (χ1v) is 9.70. The van der Waals surface area contributed by atoms with Gasteiger partial charge < -0.3 is 25.1 Å². The van der Waals surface area contributed by atoms with Gasteiger partial charge in [-0.05, 0) is 42.6 Å². The molecule has 0 unspecified atom stereocenters. The van der Waals surface area contributed by atoms with Crippen LogP contribution in [0.15, 0.2) is 12.1 Å². The van der Waals surface area contributed by atoms with E-state index in [9.17, 15) is 4.39 Å². The zero-order valence-corrected chi connectivity index (χ0v) is 16.8. The maximum Gasteiger partial charge on any atom is 0.312 e. The van der Waals surface area contributed by atoms with E-state index in [1.807, 2.05) is 23.6 Å². The van der Waals surface area contributed by atoms with Crippen molar-refractivity contribution in [2.45, 2.75) is 33.7 Å². The molecule has 1 aromatic carbocycles. The minimum atomic E-state index is -0.850. The van der Waals surface area contributed by atoms with Gasteiger partial charge in [-0.3, -0.25) is 0 Å². The summed E-state index contributed by atoms with van der Waals surface area (Å²) in [5.74, 6) is 2.80. The van der Waals surface area contributed by atoms with Crippen LogP contribution in [0.4, 0.5) is 10.2 Å².